The third kappa shape index (κ3) is 5.54. The van der Waals surface area contributed by atoms with Crippen molar-refractivity contribution in [2.24, 2.45) is 5.16 Å². The van der Waals surface area contributed by atoms with Crippen LogP contribution in [0.25, 0.3) is 6.08 Å². The number of fused-ring (bicyclic) bond motifs is 1. The predicted octanol–water partition coefficient (Wildman–Crippen LogP) is 1.57. The van der Waals surface area contributed by atoms with Crippen molar-refractivity contribution in [2.75, 3.05) is 12.3 Å². The molecule has 0 radical (unpaired) electrons. The lowest BCUT2D eigenvalue weighted by atomic mass is 10.1. The zero-order valence-electron chi connectivity index (χ0n) is 18.3. The number of pyridine rings is 1. The summed E-state index contributed by atoms with van der Waals surface area (Å²) < 4.78 is 0. The zero-order valence-corrected chi connectivity index (χ0v) is 20.8. The molecule has 4 N–H and O–H groups in total. The van der Waals surface area contributed by atoms with E-state index < -0.39 is 28.5 Å². The van der Waals surface area contributed by atoms with Gasteiger partial charge in [-0.2, -0.15) is 0 Å². The molecule has 3 atom stereocenters. The van der Waals surface area contributed by atoms with Crippen LogP contribution in [0.15, 0.2) is 51.6 Å². The van der Waals surface area contributed by atoms with E-state index in [4.69, 9.17) is 17.0 Å². The molecule has 184 valence electrons. The molecule has 36 heavy (non-hydrogen) atoms. The number of nitrogen functional groups attached to an aromatic ring is 1. The van der Waals surface area contributed by atoms with Crippen molar-refractivity contribution in [3.63, 3.8) is 0 Å². The van der Waals surface area contributed by atoms with Crippen molar-refractivity contribution in [1.29, 1.82) is 0 Å². The Hall–Kier alpha value is -3.80. The molecule has 2 unspecified atom stereocenters. The van der Waals surface area contributed by atoms with Gasteiger partial charge in [0, 0.05) is 28.9 Å². The van der Waals surface area contributed by atoms with Crippen molar-refractivity contribution in [1.82, 2.24) is 20.2 Å². The van der Waals surface area contributed by atoms with Gasteiger partial charge in [-0.25, -0.2) is 4.98 Å². The second kappa shape index (κ2) is 11.3. The van der Waals surface area contributed by atoms with Crippen LogP contribution in [0.5, 0.6) is 0 Å². The quantitative estimate of drug-likeness (QED) is 0.139. The minimum atomic E-state index is -1.06. The van der Waals surface area contributed by atoms with E-state index in [-0.39, 0.29) is 29.1 Å². The topological polar surface area (TPSA) is 160 Å². The summed E-state index contributed by atoms with van der Waals surface area (Å²) >= 11 is 3.36. The largest absolute Gasteiger partial charge is 0.480 e. The average Bonchev–Trinajstić information content (AvgIpc) is 3.30. The molecule has 4 heterocycles. The fraction of sp³-hybridized carbons (Fsp3) is 0.182. The van der Waals surface area contributed by atoms with E-state index in [1.807, 2.05) is 6.07 Å². The molecule has 14 heteroatoms. The lowest BCUT2D eigenvalue weighted by Crippen LogP contribution is -2.69. The third-order valence-electron chi connectivity index (χ3n) is 4.82. The number of nitrogens with zero attached hydrogens (tertiary/aromatic N) is 4. The molecule has 0 saturated carbocycles. The average molecular weight is 543 g/mol. The highest BCUT2D eigenvalue weighted by atomic mass is 32.2. The van der Waals surface area contributed by atoms with Gasteiger partial charge in [0.15, 0.2) is 17.5 Å². The third-order valence-corrected chi connectivity index (χ3v) is 8.04. The molecule has 2 aromatic rings. The molecule has 0 bridgehead atoms. The van der Waals surface area contributed by atoms with Gasteiger partial charge >= 0.3 is 5.97 Å². The van der Waals surface area contributed by atoms with Gasteiger partial charge < -0.3 is 25.9 Å². The van der Waals surface area contributed by atoms with Crippen LogP contribution in [0, 0.1) is 12.3 Å². The normalized spacial score (nSPS) is 21.2. The number of hydrogen-bond acceptors (Lipinski definition) is 11. The summed E-state index contributed by atoms with van der Waals surface area (Å²) in [6.07, 6.45) is 11.8. The molecule has 2 aromatic heterocycles. The number of rotatable bonds is 9. The molecule has 2 aliphatic rings. The van der Waals surface area contributed by atoms with E-state index in [9.17, 15) is 19.5 Å². The standard InChI is InChI=1S/C22H18N6O5S3/c1-2-7-33-27-15(13-11-35-22(23)25-13)18(29)26-16-19(30)28-10-14(17(21(31)32)36-20(16)28)34-8-5-12-4-3-6-24-9-12/h1,3-6,8-11,16-17,20H,7H2,(H2,23,25)(H,26,29)(H,31,32)/b8-5-,27-15?/t16?,17?,20-/m1/s1. The summed E-state index contributed by atoms with van der Waals surface area (Å²) in [5.41, 5.74) is 6.47. The minimum Gasteiger partial charge on any atom is -0.480 e. The Morgan fingerprint density at radius 2 is 2.31 bits per heavy atom. The van der Waals surface area contributed by atoms with E-state index in [0.717, 1.165) is 28.7 Å². The Bertz CT molecular complexity index is 1300. The van der Waals surface area contributed by atoms with Crippen LogP contribution in [0.2, 0.25) is 0 Å². The van der Waals surface area contributed by atoms with Crippen molar-refractivity contribution in [2.45, 2.75) is 16.7 Å². The number of carbonyl (C=O) groups excluding carboxylic acids is 2. The van der Waals surface area contributed by atoms with Crippen molar-refractivity contribution < 1.29 is 24.3 Å². The Balaban J connectivity index is 1.48. The summed E-state index contributed by atoms with van der Waals surface area (Å²) in [5, 5.41) is 18.1. The van der Waals surface area contributed by atoms with Crippen LogP contribution in [-0.4, -0.2) is 66.7 Å². The fourth-order valence-corrected chi connectivity index (χ4v) is 6.08. The van der Waals surface area contributed by atoms with Gasteiger partial charge in [-0.1, -0.05) is 28.9 Å². The molecule has 2 amide bonds. The summed E-state index contributed by atoms with van der Waals surface area (Å²) in [7, 11) is 0. The molecule has 4 rings (SSSR count). The Morgan fingerprint density at radius 3 is 2.97 bits per heavy atom. The number of hydrogen-bond donors (Lipinski definition) is 3. The van der Waals surface area contributed by atoms with Crippen molar-refractivity contribution in [3.05, 3.63) is 57.7 Å². The number of aromatic nitrogens is 2. The molecule has 0 aliphatic carbocycles. The summed E-state index contributed by atoms with van der Waals surface area (Å²) in [5.74, 6) is 0.0562. The Morgan fingerprint density at radius 1 is 1.47 bits per heavy atom. The zero-order chi connectivity index (χ0) is 25.7. The Kier molecular flexibility index (Phi) is 7.93. The van der Waals surface area contributed by atoms with Crippen LogP contribution in [0.3, 0.4) is 0 Å². The number of amides is 2. The number of aliphatic carboxylic acids is 1. The first kappa shape index (κ1) is 25.3. The number of carboxylic acid groups (broad SMARTS) is 1. The van der Waals surface area contributed by atoms with Gasteiger partial charge in [0.2, 0.25) is 0 Å². The van der Waals surface area contributed by atoms with E-state index in [0.29, 0.717) is 4.91 Å². The number of carboxylic acids is 1. The number of thiazole rings is 1. The lowest BCUT2D eigenvalue weighted by molar-refractivity contribution is -0.144. The first-order valence-corrected chi connectivity index (χ1v) is 12.9. The highest BCUT2D eigenvalue weighted by molar-refractivity contribution is 8.08. The van der Waals surface area contributed by atoms with Gasteiger partial charge in [-0.3, -0.25) is 19.4 Å². The molecule has 11 nitrogen and oxygen atoms in total. The van der Waals surface area contributed by atoms with Crippen molar-refractivity contribution in [3.8, 4) is 12.3 Å². The molecular weight excluding hydrogens is 524 g/mol. The van der Waals surface area contributed by atoms with Crippen LogP contribution in [0.4, 0.5) is 5.13 Å². The van der Waals surface area contributed by atoms with Crippen molar-refractivity contribution >= 4 is 69.6 Å². The van der Waals surface area contributed by atoms with E-state index in [1.54, 1.807) is 29.9 Å². The predicted molar refractivity (Wildman–Crippen MR) is 138 cm³/mol. The molecule has 1 fully saturated rings. The lowest BCUT2D eigenvalue weighted by Gasteiger charge is -2.48. The highest BCUT2D eigenvalue weighted by Gasteiger charge is 2.53. The maximum Gasteiger partial charge on any atom is 0.321 e. The summed E-state index contributed by atoms with van der Waals surface area (Å²) in [6.45, 7) is -0.175. The Labute approximate surface area is 217 Å². The van der Waals surface area contributed by atoms with Gasteiger partial charge in [-0.15, -0.1) is 29.5 Å². The first-order valence-electron chi connectivity index (χ1n) is 10.2. The number of β-lactam (4-membered cyclic amide) rings is 1. The number of thioether (sulfide) groups is 2. The summed E-state index contributed by atoms with van der Waals surface area (Å²) in [4.78, 5) is 52.6. The molecule has 2 aliphatic heterocycles. The highest BCUT2D eigenvalue weighted by Crippen LogP contribution is 2.44. The van der Waals surface area contributed by atoms with Gasteiger partial charge in [0.25, 0.3) is 11.8 Å². The van der Waals surface area contributed by atoms with Gasteiger partial charge in [0.05, 0.1) is 0 Å². The van der Waals surface area contributed by atoms with Gasteiger partial charge in [0.1, 0.15) is 22.4 Å². The van der Waals surface area contributed by atoms with E-state index in [2.05, 4.69) is 26.4 Å². The molecular formula is C22H18N6O5S3. The molecule has 1 saturated heterocycles. The number of terminal acetylenes is 1. The van der Waals surface area contributed by atoms with Crippen LogP contribution < -0.4 is 11.1 Å². The smallest absolute Gasteiger partial charge is 0.321 e. The minimum absolute atomic E-state index is 0.161. The number of carbonyl (C=O) groups is 3. The van der Waals surface area contributed by atoms with E-state index >= 15 is 0 Å². The van der Waals surface area contributed by atoms with Crippen LogP contribution in [-0.2, 0) is 19.2 Å². The van der Waals surface area contributed by atoms with E-state index in [1.165, 1.54) is 28.2 Å². The maximum atomic E-state index is 12.9. The number of anilines is 1. The number of oxime groups is 1. The maximum absolute atomic E-state index is 12.9. The fourth-order valence-electron chi connectivity index (χ4n) is 3.19. The number of nitrogens with two attached hydrogens (primary N) is 1. The SMILES string of the molecule is C#CCON=C(C(=O)NC1C(=O)N2C=C(S/C=C\c3cccnc3)C(C(=O)O)S[C@H]12)c1csc(N)n1. The monoisotopic (exact) mass is 542 g/mol. The molecule has 0 aromatic carbocycles. The van der Waals surface area contributed by atoms with Crippen LogP contribution in [0.1, 0.15) is 11.3 Å². The first-order chi connectivity index (χ1) is 17.4. The van der Waals surface area contributed by atoms with Crippen LogP contribution >= 0.6 is 34.9 Å². The molecule has 0 spiro atoms. The summed E-state index contributed by atoms with van der Waals surface area (Å²) in [6, 6.07) is 2.69. The second-order valence-electron chi connectivity index (χ2n) is 7.17. The second-order valence-corrected chi connectivity index (χ2v) is 10.3. The number of nitrogens with one attached hydrogen (secondary N) is 1. The van der Waals surface area contributed by atoms with Gasteiger partial charge in [-0.05, 0) is 23.1 Å².